The van der Waals surface area contributed by atoms with Crippen molar-refractivity contribution < 1.29 is 17.9 Å². The standard InChI is InChI=1S/C19H12Cl2F3N5O/c20-14-5-2-6-15(21)13(14)8-29-10-27-17(16-18(29)26-9-25-16)28-11-3-1-4-12(7-11)30-19(22,23)24/h1-7,9-10,28H,8H2. The lowest BCUT2D eigenvalue weighted by atomic mass is 10.2. The van der Waals surface area contributed by atoms with E-state index in [1.807, 2.05) is 0 Å². The molecule has 2 aromatic rings. The third-order valence-electron chi connectivity index (χ3n) is 4.12. The zero-order chi connectivity index (χ0) is 21.3. The number of hydrogen-bond acceptors (Lipinski definition) is 5. The molecule has 30 heavy (non-hydrogen) atoms. The van der Waals surface area contributed by atoms with Gasteiger partial charge in [-0.05, 0) is 24.3 Å². The summed E-state index contributed by atoms with van der Waals surface area (Å²) in [6.07, 6.45) is -1.89. The van der Waals surface area contributed by atoms with Gasteiger partial charge in [-0.1, -0.05) is 35.3 Å². The smallest absolute Gasteiger partial charge is 0.406 e. The Kier molecular flexibility index (Phi) is 5.40. The van der Waals surface area contributed by atoms with Gasteiger partial charge in [0.15, 0.2) is 17.3 Å². The highest BCUT2D eigenvalue weighted by Gasteiger charge is 2.31. The Morgan fingerprint density at radius 2 is 1.73 bits per heavy atom. The monoisotopic (exact) mass is 453 g/mol. The molecule has 6 nitrogen and oxygen atoms in total. The van der Waals surface area contributed by atoms with E-state index in [1.54, 1.807) is 28.8 Å². The van der Waals surface area contributed by atoms with E-state index >= 15 is 0 Å². The van der Waals surface area contributed by atoms with Crippen molar-refractivity contribution in [1.29, 1.82) is 0 Å². The molecular formula is C19H12Cl2F3N5O. The number of anilines is 2. The minimum Gasteiger partial charge on any atom is -0.406 e. The van der Waals surface area contributed by atoms with Gasteiger partial charge in [0, 0.05) is 27.4 Å². The Labute approximate surface area is 178 Å². The molecule has 2 heterocycles. The number of nitrogens with zero attached hydrogens (tertiary/aromatic N) is 4. The van der Waals surface area contributed by atoms with Gasteiger partial charge in [0.05, 0.1) is 12.9 Å². The van der Waals surface area contributed by atoms with E-state index in [0.717, 1.165) is 0 Å². The van der Waals surface area contributed by atoms with Crippen LogP contribution in [0.4, 0.5) is 24.7 Å². The van der Waals surface area contributed by atoms with Crippen LogP contribution in [0.2, 0.25) is 10.0 Å². The molecule has 11 heteroatoms. The molecular weight excluding hydrogens is 442 g/mol. The summed E-state index contributed by atoms with van der Waals surface area (Å²) in [5, 5.41) is 3.96. The Morgan fingerprint density at radius 1 is 1.00 bits per heavy atom. The number of benzene rings is 2. The molecule has 0 amide bonds. The van der Waals surface area contributed by atoms with Crippen molar-refractivity contribution in [3.05, 3.63) is 70.7 Å². The van der Waals surface area contributed by atoms with Crippen LogP contribution in [0.25, 0.3) is 11.5 Å². The summed E-state index contributed by atoms with van der Waals surface area (Å²) in [6.45, 7) is 0.315. The summed E-state index contributed by atoms with van der Waals surface area (Å²) in [5.74, 6) is 0.482. The molecule has 2 aliphatic heterocycles. The Balaban J connectivity index is 1.63. The molecule has 154 valence electrons. The SMILES string of the molecule is FC(F)(F)Oc1cccc(Nc2ncn(Cc3c(Cl)cccc3Cl)c3ncnc2-3)c1. The first-order valence-electron chi connectivity index (χ1n) is 8.52. The van der Waals surface area contributed by atoms with Gasteiger partial charge < -0.3 is 14.6 Å². The van der Waals surface area contributed by atoms with E-state index in [1.165, 1.54) is 30.9 Å². The molecule has 0 radical (unpaired) electrons. The number of rotatable bonds is 5. The highest BCUT2D eigenvalue weighted by Crippen LogP contribution is 2.32. The molecule has 0 bridgehead atoms. The van der Waals surface area contributed by atoms with Crippen molar-refractivity contribution in [2.45, 2.75) is 12.9 Å². The number of nitrogens with one attached hydrogen (secondary N) is 1. The van der Waals surface area contributed by atoms with E-state index in [2.05, 4.69) is 25.0 Å². The fourth-order valence-corrected chi connectivity index (χ4v) is 3.37. The second kappa shape index (κ2) is 8.00. The summed E-state index contributed by atoms with van der Waals surface area (Å²) < 4.78 is 43.0. The maximum atomic E-state index is 12.5. The number of hydrogen-bond donors (Lipinski definition) is 1. The number of halogens is 5. The molecule has 0 atom stereocenters. The molecule has 0 saturated carbocycles. The number of imidazole rings is 1. The summed E-state index contributed by atoms with van der Waals surface area (Å²) in [5.41, 5.74) is 1.48. The Bertz CT molecular complexity index is 1140. The highest BCUT2D eigenvalue weighted by molar-refractivity contribution is 6.36. The quantitative estimate of drug-likeness (QED) is 0.415. The number of fused-ring (bicyclic) bond motifs is 1. The highest BCUT2D eigenvalue weighted by atomic mass is 35.5. The van der Waals surface area contributed by atoms with Crippen LogP contribution in [-0.2, 0) is 6.54 Å². The third kappa shape index (κ3) is 4.42. The van der Waals surface area contributed by atoms with Crippen LogP contribution in [0.3, 0.4) is 0 Å². The van der Waals surface area contributed by atoms with Gasteiger partial charge in [-0.3, -0.25) is 0 Å². The zero-order valence-corrected chi connectivity index (χ0v) is 16.5. The topological polar surface area (TPSA) is 64.9 Å². The molecule has 0 aromatic heterocycles. The van der Waals surface area contributed by atoms with Gasteiger partial charge in [-0.25, -0.2) is 15.0 Å². The van der Waals surface area contributed by atoms with Gasteiger partial charge in [-0.2, -0.15) is 0 Å². The van der Waals surface area contributed by atoms with Crippen molar-refractivity contribution in [2.24, 2.45) is 0 Å². The van der Waals surface area contributed by atoms with Crippen LogP contribution in [0, 0.1) is 0 Å². The number of alkyl halides is 3. The maximum Gasteiger partial charge on any atom is 0.573 e. The molecule has 0 saturated heterocycles. The van der Waals surface area contributed by atoms with E-state index in [0.29, 0.717) is 45.2 Å². The Morgan fingerprint density at radius 3 is 2.47 bits per heavy atom. The largest absolute Gasteiger partial charge is 0.573 e. The Hall–Kier alpha value is -3.04. The molecule has 0 unspecified atom stereocenters. The summed E-state index contributed by atoms with van der Waals surface area (Å²) in [6, 6.07) is 10.6. The van der Waals surface area contributed by atoms with Crippen LogP contribution in [0.5, 0.6) is 5.75 Å². The second-order valence-corrected chi connectivity index (χ2v) is 6.98. The van der Waals surface area contributed by atoms with E-state index in [-0.39, 0.29) is 5.75 Å². The fourth-order valence-electron chi connectivity index (χ4n) is 2.85. The zero-order valence-electron chi connectivity index (χ0n) is 15.0. The van der Waals surface area contributed by atoms with Gasteiger partial charge in [-0.15, -0.1) is 13.2 Å². The minimum atomic E-state index is -4.78. The third-order valence-corrected chi connectivity index (χ3v) is 4.83. The van der Waals surface area contributed by atoms with Crippen molar-refractivity contribution in [3.63, 3.8) is 0 Å². The second-order valence-electron chi connectivity index (χ2n) is 6.17. The minimum absolute atomic E-state index is 0.315. The molecule has 2 aliphatic rings. The van der Waals surface area contributed by atoms with E-state index in [9.17, 15) is 13.2 Å². The average molecular weight is 454 g/mol. The van der Waals surface area contributed by atoms with Crippen LogP contribution in [-0.4, -0.2) is 25.9 Å². The summed E-state index contributed by atoms with van der Waals surface area (Å²) in [4.78, 5) is 12.8. The van der Waals surface area contributed by atoms with Crippen molar-refractivity contribution in [2.75, 3.05) is 5.32 Å². The average Bonchev–Trinajstić information content (AvgIpc) is 3.16. The van der Waals surface area contributed by atoms with Gasteiger partial charge in [0.2, 0.25) is 0 Å². The first kappa shape index (κ1) is 20.2. The molecule has 1 N–H and O–H groups in total. The van der Waals surface area contributed by atoms with Crippen molar-refractivity contribution in [3.8, 4) is 17.3 Å². The summed E-state index contributed by atoms with van der Waals surface area (Å²) >= 11 is 12.5. The van der Waals surface area contributed by atoms with Crippen molar-refractivity contribution >= 4 is 34.7 Å². The van der Waals surface area contributed by atoms with E-state index < -0.39 is 6.36 Å². The lowest BCUT2D eigenvalue weighted by Crippen LogP contribution is -2.17. The fraction of sp³-hybridized carbons (Fsp3) is 0.105. The molecule has 2 aromatic carbocycles. The lowest BCUT2D eigenvalue weighted by molar-refractivity contribution is -0.274. The van der Waals surface area contributed by atoms with Crippen LogP contribution in [0.1, 0.15) is 5.56 Å². The first-order valence-corrected chi connectivity index (χ1v) is 9.27. The molecule has 0 fully saturated rings. The molecule has 4 rings (SSSR count). The van der Waals surface area contributed by atoms with Crippen LogP contribution >= 0.6 is 23.2 Å². The van der Waals surface area contributed by atoms with Crippen molar-refractivity contribution in [1.82, 2.24) is 19.5 Å². The summed E-state index contributed by atoms with van der Waals surface area (Å²) in [7, 11) is 0. The number of aromatic nitrogens is 4. The molecule has 0 aliphatic carbocycles. The predicted molar refractivity (Wildman–Crippen MR) is 106 cm³/mol. The van der Waals surface area contributed by atoms with Gasteiger partial charge >= 0.3 is 6.36 Å². The van der Waals surface area contributed by atoms with Gasteiger partial charge in [0.1, 0.15) is 12.1 Å². The molecule has 0 spiro atoms. The van der Waals surface area contributed by atoms with Gasteiger partial charge in [0.25, 0.3) is 0 Å². The van der Waals surface area contributed by atoms with E-state index in [4.69, 9.17) is 23.2 Å². The maximum absolute atomic E-state index is 12.5. The van der Waals surface area contributed by atoms with Crippen LogP contribution in [0.15, 0.2) is 55.1 Å². The first-order chi connectivity index (χ1) is 14.3. The normalized spacial score (nSPS) is 11.6. The number of ether oxygens (including phenoxy) is 1. The van der Waals surface area contributed by atoms with Crippen LogP contribution < -0.4 is 10.1 Å². The lowest BCUT2D eigenvalue weighted by Gasteiger charge is -2.16. The predicted octanol–water partition coefficient (Wildman–Crippen LogP) is 5.78.